The van der Waals surface area contributed by atoms with Crippen LogP contribution in [0.3, 0.4) is 0 Å². The summed E-state index contributed by atoms with van der Waals surface area (Å²) in [4.78, 5) is 26.1. The molecule has 132 valence electrons. The number of nitrogens with zero attached hydrogens (tertiary/aromatic N) is 1. The van der Waals surface area contributed by atoms with Gasteiger partial charge >= 0.3 is 0 Å². The quantitative estimate of drug-likeness (QED) is 0.826. The highest BCUT2D eigenvalue weighted by molar-refractivity contribution is 6.30. The lowest BCUT2D eigenvalue weighted by Gasteiger charge is -2.28. The van der Waals surface area contributed by atoms with Crippen molar-refractivity contribution in [2.75, 3.05) is 13.7 Å². The lowest BCUT2D eigenvalue weighted by Crippen LogP contribution is -2.48. The first-order valence-electron chi connectivity index (χ1n) is 7.94. The van der Waals surface area contributed by atoms with Crippen LogP contribution in [0.1, 0.15) is 12.5 Å². The molecule has 1 atom stereocenters. The molecule has 0 aliphatic carbocycles. The molecule has 0 aromatic heterocycles. The Hall–Kier alpha value is -2.53. The largest absolute Gasteiger partial charge is 0.484 e. The molecule has 1 N–H and O–H groups in total. The number of benzene rings is 2. The van der Waals surface area contributed by atoms with Crippen LogP contribution in [0.25, 0.3) is 0 Å². The van der Waals surface area contributed by atoms with Crippen LogP contribution < -0.4 is 10.1 Å². The molecule has 2 amide bonds. The van der Waals surface area contributed by atoms with Crippen molar-refractivity contribution >= 4 is 23.4 Å². The second kappa shape index (κ2) is 9.08. The second-order valence-electron chi connectivity index (χ2n) is 5.54. The highest BCUT2D eigenvalue weighted by atomic mass is 35.5. The summed E-state index contributed by atoms with van der Waals surface area (Å²) in [6, 6.07) is 15.7. The summed E-state index contributed by atoms with van der Waals surface area (Å²) in [6.07, 6.45) is 0. The molecule has 2 rings (SSSR count). The van der Waals surface area contributed by atoms with E-state index in [-0.39, 0.29) is 18.4 Å². The Morgan fingerprint density at radius 3 is 2.36 bits per heavy atom. The molecule has 0 heterocycles. The van der Waals surface area contributed by atoms with Crippen molar-refractivity contribution in [2.45, 2.75) is 19.5 Å². The summed E-state index contributed by atoms with van der Waals surface area (Å²) >= 11 is 5.83. The third kappa shape index (κ3) is 5.50. The van der Waals surface area contributed by atoms with Gasteiger partial charge in [-0.3, -0.25) is 9.59 Å². The topological polar surface area (TPSA) is 58.6 Å². The van der Waals surface area contributed by atoms with E-state index in [0.29, 0.717) is 17.3 Å². The van der Waals surface area contributed by atoms with Crippen LogP contribution >= 0.6 is 11.6 Å². The number of nitrogens with one attached hydrogen (secondary N) is 1. The number of carbonyl (C=O) groups is 2. The second-order valence-corrected chi connectivity index (χ2v) is 5.98. The Morgan fingerprint density at radius 2 is 1.76 bits per heavy atom. The third-order valence-corrected chi connectivity index (χ3v) is 4.04. The Bertz CT molecular complexity index is 704. The molecule has 0 aliphatic heterocycles. The van der Waals surface area contributed by atoms with Gasteiger partial charge in [-0.2, -0.15) is 0 Å². The maximum absolute atomic E-state index is 12.6. The first kappa shape index (κ1) is 18.8. The molecule has 6 heteroatoms. The molecule has 0 saturated heterocycles. The molecular formula is C19H21ClN2O3. The van der Waals surface area contributed by atoms with Gasteiger partial charge in [-0.1, -0.05) is 41.9 Å². The van der Waals surface area contributed by atoms with E-state index in [9.17, 15) is 9.59 Å². The molecule has 0 fully saturated rings. The van der Waals surface area contributed by atoms with Crippen molar-refractivity contribution in [3.63, 3.8) is 0 Å². The normalized spacial score (nSPS) is 11.5. The predicted molar refractivity (Wildman–Crippen MR) is 97.5 cm³/mol. The Kier molecular flexibility index (Phi) is 6.83. The highest BCUT2D eigenvalue weighted by Crippen LogP contribution is 2.16. The molecule has 0 saturated carbocycles. The van der Waals surface area contributed by atoms with Gasteiger partial charge in [0, 0.05) is 18.6 Å². The van der Waals surface area contributed by atoms with Gasteiger partial charge in [-0.15, -0.1) is 0 Å². The van der Waals surface area contributed by atoms with Crippen LogP contribution in [-0.2, 0) is 16.1 Å². The molecule has 5 nitrogen and oxygen atoms in total. The van der Waals surface area contributed by atoms with Gasteiger partial charge in [0.15, 0.2) is 6.61 Å². The fraction of sp³-hybridized carbons (Fsp3) is 0.263. The zero-order valence-electron chi connectivity index (χ0n) is 14.2. The molecule has 0 radical (unpaired) electrons. The van der Waals surface area contributed by atoms with Crippen LogP contribution in [0.4, 0.5) is 0 Å². The summed E-state index contributed by atoms with van der Waals surface area (Å²) in [5, 5.41) is 3.17. The van der Waals surface area contributed by atoms with Gasteiger partial charge in [0.05, 0.1) is 0 Å². The number of hydrogen-bond acceptors (Lipinski definition) is 3. The lowest BCUT2D eigenvalue weighted by atomic mass is 10.1. The van der Waals surface area contributed by atoms with Gasteiger partial charge in [0.25, 0.3) is 5.91 Å². The van der Waals surface area contributed by atoms with Crippen molar-refractivity contribution in [1.29, 1.82) is 0 Å². The van der Waals surface area contributed by atoms with Gasteiger partial charge < -0.3 is 15.0 Å². The van der Waals surface area contributed by atoms with Crippen molar-refractivity contribution in [3.8, 4) is 5.75 Å². The van der Waals surface area contributed by atoms with E-state index in [4.69, 9.17) is 16.3 Å². The van der Waals surface area contributed by atoms with E-state index in [1.807, 2.05) is 30.3 Å². The average Bonchev–Trinajstić information content (AvgIpc) is 2.65. The van der Waals surface area contributed by atoms with Crippen LogP contribution in [0, 0.1) is 0 Å². The fourth-order valence-corrected chi connectivity index (χ4v) is 2.46. The standard InChI is InChI=1S/C19H21ClN2O3/c1-14(19(24)21-2)22(12-15-6-4-3-5-7-15)18(23)13-25-17-10-8-16(20)9-11-17/h3-11,14H,12-13H2,1-2H3,(H,21,24)/t14-/m0/s1. The lowest BCUT2D eigenvalue weighted by molar-refractivity contribution is -0.142. The van der Waals surface area contributed by atoms with Gasteiger partial charge in [0.1, 0.15) is 11.8 Å². The Labute approximate surface area is 152 Å². The van der Waals surface area contributed by atoms with Crippen molar-refractivity contribution < 1.29 is 14.3 Å². The van der Waals surface area contributed by atoms with E-state index in [1.165, 1.54) is 4.90 Å². The van der Waals surface area contributed by atoms with E-state index in [2.05, 4.69) is 5.32 Å². The first-order chi connectivity index (χ1) is 12.0. The van der Waals surface area contributed by atoms with Crippen LogP contribution in [-0.4, -0.2) is 36.4 Å². The summed E-state index contributed by atoms with van der Waals surface area (Å²) in [5.74, 6) is 0.0516. The van der Waals surface area contributed by atoms with Crippen molar-refractivity contribution in [3.05, 3.63) is 65.2 Å². The molecule has 2 aromatic carbocycles. The van der Waals surface area contributed by atoms with E-state index in [0.717, 1.165) is 5.56 Å². The van der Waals surface area contributed by atoms with Gasteiger partial charge in [-0.05, 0) is 36.8 Å². The molecule has 25 heavy (non-hydrogen) atoms. The minimum Gasteiger partial charge on any atom is -0.484 e. The average molecular weight is 361 g/mol. The number of carbonyl (C=O) groups excluding carboxylic acids is 2. The van der Waals surface area contributed by atoms with Crippen molar-refractivity contribution in [1.82, 2.24) is 10.2 Å². The smallest absolute Gasteiger partial charge is 0.261 e. The molecule has 0 aliphatic rings. The molecule has 0 bridgehead atoms. The third-order valence-electron chi connectivity index (χ3n) is 3.79. The minimum atomic E-state index is -0.605. The summed E-state index contributed by atoms with van der Waals surface area (Å²) < 4.78 is 5.52. The van der Waals surface area contributed by atoms with Crippen LogP contribution in [0.5, 0.6) is 5.75 Å². The number of likely N-dealkylation sites (N-methyl/N-ethyl adjacent to an activating group) is 1. The molecule has 0 unspecified atom stereocenters. The van der Waals surface area contributed by atoms with Crippen LogP contribution in [0.2, 0.25) is 5.02 Å². The van der Waals surface area contributed by atoms with Crippen LogP contribution in [0.15, 0.2) is 54.6 Å². The zero-order chi connectivity index (χ0) is 18.2. The summed E-state index contributed by atoms with van der Waals surface area (Å²) in [5.41, 5.74) is 0.943. The van der Waals surface area contributed by atoms with E-state index < -0.39 is 6.04 Å². The fourth-order valence-electron chi connectivity index (χ4n) is 2.33. The van der Waals surface area contributed by atoms with Crippen molar-refractivity contribution in [2.24, 2.45) is 0 Å². The SMILES string of the molecule is CNC(=O)[C@H](C)N(Cc1ccccc1)C(=O)COc1ccc(Cl)cc1. The number of hydrogen-bond donors (Lipinski definition) is 1. The first-order valence-corrected chi connectivity index (χ1v) is 8.32. The zero-order valence-corrected chi connectivity index (χ0v) is 15.0. The molecular weight excluding hydrogens is 340 g/mol. The van der Waals surface area contributed by atoms with Gasteiger partial charge in [0.2, 0.25) is 5.91 Å². The Balaban J connectivity index is 2.08. The predicted octanol–water partition coefficient (Wildman–Crippen LogP) is 2.88. The maximum Gasteiger partial charge on any atom is 0.261 e. The summed E-state index contributed by atoms with van der Waals surface area (Å²) in [7, 11) is 1.55. The minimum absolute atomic E-state index is 0.157. The summed E-state index contributed by atoms with van der Waals surface area (Å²) in [6.45, 7) is 1.87. The van der Waals surface area contributed by atoms with E-state index >= 15 is 0 Å². The monoisotopic (exact) mass is 360 g/mol. The molecule has 0 spiro atoms. The highest BCUT2D eigenvalue weighted by Gasteiger charge is 2.25. The Morgan fingerprint density at radius 1 is 1.12 bits per heavy atom. The van der Waals surface area contributed by atoms with E-state index in [1.54, 1.807) is 38.2 Å². The molecule has 2 aromatic rings. The number of ether oxygens (including phenoxy) is 1. The number of halogens is 1. The number of amides is 2. The number of rotatable bonds is 7. The van der Waals surface area contributed by atoms with Gasteiger partial charge in [-0.25, -0.2) is 0 Å². The maximum atomic E-state index is 12.6.